The molecule has 0 saturated carbocycles. The van der Waals surface area contributed by atoms with Crippen molar-refractivity contribution in [3.8, 4) is 11.4 Å². The number of hydrogen-bond donors (Lipinski definition) is 2. The van der Waals surface area contributed by atoms with Gasteiger partial charge in [-0.05, 0) is 49.4 Å². The first-order valence-corrected chi connectivity index (χ1v) is 11.1. The van der Waals surface area contributed by atoms with Crippen LogP contribution < -0.4 is 0 Å². The van der Waals surface area contributed by atoms with E-state index in [1.807, 2.05) is 13.0 Å². The molecule has 2 aromatic carbocycles. The standard InChI is InChI=1S/C25H22FNO4S/c1-24(2)13-31-25(3,19-11-14(12-32-19)23(29)30)21-20-17(5-4-6-18(20)28)27(22(21)24)16-9-7-15(26)8-10-16/h4-12,28H,13H2,1-3H3,(H,29,30). The van der Waals surface area contributed by atoms with Crippen molar-refractivity contribution in [2.45, 2.75) is 31.8 Å². The number of phenolic OH excluding ortho intramolecular Hbond substituents is 1. The van der Waals surface area contributed by atoms with E-state index in [1.54, 1.807) is 35.7 Å². The Bertz CT molecular complexity index is 1370. The van der Waals surface area contributed by atoms with E-state index in [0.29, 0.717) is 12.0 Å². The second-order valence-corrected chi connectivity index (χ2v) is 9.83. The van der Waals surface area contributed by atoms with Crippen molar-refractivity contribution in [2.24, 2.45) is 0 Å². The maximum Gasteiger partial charge on any atom is 0.336 e. The number of carboxylic acid groups (broad SMARTS) is 1. The summed E-state index contributed by atoms with van der Waals surface area (Å²) in [6.07, 6.45) is 0. The first kappa shape index (κ1) is 20.7. The molecule has 5 nitrogen and oxygen atoms in total. The zero-order chi connectivity index (χ0) is 22.8. The van der Waals surface area contributed by atoms with E-state index in [-0.39, 0.29) is 17.1 Å². The Morgan fingerprint density at radius 2 is 1.88 bits per heavy atom. The molecule has 4 aromatic rings. The molecule has 0 aliphatic carbocycles. The molecule has 1 atom stereocenters. The maximum absolute atomic E-state index is 13.7. The first-order chi connectivity index (χ1) is 15.1. The predicted octanol–water partition coefficient (Wildman–Crippen LogP) is 5.81. The summed E-state index contributed by atoms with van der Waals surface area (Å²) in [7, 11) is 0. The fraction of sp³-hybridized carbons (Fsp3) is 0.240. The number of aromatic nitrogens is 1. The molecule has 1 unspecified atom stereocenters. The molecular weight excluding hydrogens is 429 g/mol. The number of hydrogen-bond acceptors (Lipinski definition) is 4. The fourth-order valence-corrected chi connectivity index (χ4v) is 5.65. The van der Waals surface area contributed by atoms with E-state index < -0.39 is 17.0 Å². The van der Waals surface area contributed by atoms with Crippen LogP contribution in [0.3, 0.4) is 0 Å². The number of phenols is 1. The molecule has 1 aliphatic heterocycles. The van der Waals surface area contributed by atoms with E-state index in [4.69, 9.17) is 4.74 Å². The van der Waals surface area contributed by atoms with Crippen molar-refractivity contribution < 1.29 is 24.1 Å². The fourth-order valence-electron chi connectivity index (χ4n) is 4.64. The van der Waals surface area contributed by atoms with Gasteiger partial charge in [-0.15, -0.1) is 11.3 Å². The van der Waals surface area contributed by atoms with Crippen LogP contribution in [-0.2, 0) is 15.8 Å². The topological polar surface area (TPSA) is 71.7 Å². The van der Waals surface area contributed by atoms with Gasteiger partial charge in [-0.3, -0.25) is 0 Å². The number of benzene rings is 2. The summed E-state index contributed by atoms with van der Waals surface area (Å²) in [4.78, 5) is 12.3. The molecule has 5 rings (SSSR count). The molecule has 0 saturated heterocycles. The van der Waals surface area contributed by atoms with Crippen molar-refractivity contribution in [2.75, 3.05) is 6.61 Å². The highest BCUT2D eigenvalue weighted by Crippen LogP contribution is 2.53. The maximum atomic E-state index is 13.7. The largest absolute Gasteiger partial charge is 0.507 e. The minimum atomic E-state index is -0.996. The zero-order valence-electron chi connectivity index (χ0n) is 17.8. The summed E-state index contributed by atoms with van der Waals surface area (Å²) >= 11 is 1.32. The lowest BCUT2D eigenvalue weighted by molar-refractivity contribution is -0.0414. The van der Waals surface area contributed by atoms with Gasteiger partial charge in [0, 0.05) is 38.0 Å². The number of halogens is 1. The lowest BCUT2D eigenvalue weighted by Gasteiger charge is -2.42. The normalized spacial score (nSPS) is 19.8. The predicted molar refractivity (Wildman–Crippen MR) is 122 cm³/mol. The number of aromatic carboxylic acids is 1. The molecule has 2 aromatic heterocycles. The Hall–Kier alpha value is -3.16. The summed E-state index contributed by atoms with van der Waals surface area (Å²) in [6.45, 7) is 6.44. The van der Waals surface area contributed by atoms with Crippen LogP contribution in [0, 0.1) is 5.82 Å². The molecule has 0 amide bonds. The third-order valence-corrected chi connectivity index (χ3v) is 7.35. The Morgan fingerprint density at radius 3 is 2.53 bits per heavy atom. The lowest BCUT2D eigenvalue weighted by atomic mass is 9.77. The third kappa shape index (κ3) is 2.88. The number of rotatable bonds is 3. The first-order valence-electron chi connectivity index (χ1n) is 10.2. The van der Waals surface area contributed by atoms with E-state index in [0.717, 1.165) is 27.3 Å². The van der Waals surface area contributed by atoms with Crippen LogP contribution >= 0.6 is 11.3 Å². The Kier molecular flexibility index (Phi) is 4.48. The van der Waals surface area contributed by atoms with Gasteiger partial charge in [-0.25, -0.2) is 9.18 Å². The van der Waals surface area contributed by atoms with Crippen LogP contribution in [0.4, 0.5) is 4.39 Å². The molecule has 0 radical (unpaired) electrons. The molecule has 1 aliphatic rings. The highest BCUT2D eigenvalue weighted by molar-refractivity contribution is 7.10. The van der Waals surface area contributed by atoms with Crippen molar-refractivity contribution in [1.29, 1.82) is 0 Å². The Morgan fingerprint density at radius 1 is 1.16 bits per heavy atom. The minimum Gasteiger partial charge on any atom is -0.507 e. The smallest absolute Gasteiger partial charge is 0.336 e. The van der Waals surface area contributed by atoms with Gasteiger partial charge < -0.3 is 19.5 Å². The SMILES string of the molecule is CC1(C)COC(C)(c2cc(C(=O)O)cs2)c2c1n(-c1ccc(F)cc1)c1cccc(O)c21. The zero-order valence-corrected chi connectivity index (χ0v) is 18.7. The second kappa shape index (κ2) is 6.92. The van der Waals surface area contributed by atoms with Gasteiger partial charge in [0.15, 0.2) is 0 Å². The van der Waals surface area contributed by atoms with E-state index >= 15 is 0 Å². The number of fused-ring (bicyclic) bond motifs is 3. The number of nitrogens with zero attached hydrogens (tertiary/aromatic N) is 1. The number of thiophene rings is 1. The van der Waals surface area contributed by atoms with Gasteiger partial charge in [0.2, 0.25) is 0 Å². The second-order valence-electron chi connectivity index (χ2n) is 8.92. The quantitative estimate of drug-likeness (QED) is 0.413. The molecule has 3 heterocycles. The molecule has 0 spiro atoms. The van der Waals surface area contributed by atoms with Crippen LogP contribution in [-0.4, -0.2) is 27.4 Å². The van der Waals surface area contributed by atoms with Gasteiger partial charge in [0.25, 0.3) is 0 Å². The van der Waals surface area contributed by atoms with Gasteiger partial charge in [0.1, 0.15) is 17.2 Å². The van der Waals surface area contributed by atoms with E-state index in [2.05, 4.69) is 18.4 Å². The Balaban J connectivity index is 1.91. The monoisotopic (exact) mass is 451 g/mol. The third-order valence-electron chi connectivity index (χ3n) is 6.21. The highest BCUT2D eigenvalue weighted by Gasteiger charge is 2.48. The van der Waals surface area contributed by atoms with Crippen molar-refractivity contribution in [1.82, 2.24) is 4.57 Å². The molecule has 2 N–H and O–H groups in total. The van der Waals surface area contributed by atoms with Crippen molar-refractivity contribution >= 4 is 28.2 Å². The summed E-state index contributed by atoms with van der Waals surface area (Å²) < 4.78 is 22.2. The highest BCUT2D eigenvalue weighted by atomic mass is 32.1. The molecular formula is C25H22FNO4S. The number of aromatic hydroxyl groups is 1. The number of carboxylic acids is 1. The summed E-state index contributed by atoms with van der Waals surface area (Å²) in [5, 5.41) is 22.6. The molecule has 32 heavy (non-hydrogen) atoms. The van der Waals surface area contributed by atoms with Crippen LogP contribution in [0.5, 0.6) is 5.75 Å². The van der Waals surface area contributed by atoms with Crippen molar-refractivity contribution in [3.05, 3.63) is 81.4 Å². The van der Waals surface area contributed by atoms with E-state index in [9.17, 15) is 19.4 Å². The number of carbonyl (C=O) groups is 1. The van der Waals surface area contributed by atoms with Crippen LogP contribution in [0.25, 0.3) is 16.6 Å². The van der Waals surface area contributed by atoms with Crippen molar-refractivity contribution in [3.63, 3.8) is 0 Å². The van der Waals surface area contributed by atoms with Gasteiger partial charge >= 0.3 is 5.97 Å². The minimum absolute atomic E-state index is 0.113. The molecule has 0 bridgehead atoms. The molecule has 0 fully saturated rings. The molecule has 7 heteroatoms. The van der Waals surface area contributed by atoms with Gasteiger partial charge in [-0.2, -0.15) is 0 Å². The Labute approximate surface area is 188 Å². The summed E-state index contributed by atoms with van der Waals surface area (Å²) in [5.41, 5.74) is 2.10. The van der Waals surface area contributed by atoms with Crippen LogP contribution in [0.1, 0.15) is 47.3 Å². The van der Waals surface area contributed by atoms with Crippen LogP contribution in [0.15, 0.2) is 53.9 Å². The van der Waals surface area contributed by atoms with Gasteiger partial charge in [-0.1, -0.05) is 19.9 Å². The lowest BCUT2D eigenvalue weighted by Crippen LogP contribution is -2.42. The summed E-state index contributed by atoms with van der Waals surface area (Å²) in [5.74, 6) is -1.21. The van der Waals surface area contributed by atoms with Gasteiger partial charge in [0.05, 0.1) is 17.7 Å². The van der Waals surface area contributed by atoms with Crippen LogP contribution in [0.2, 0.25) is 0 Å². The molecule has 164 valence electrons. The summed E-state index contributed by atoms with van der Waals surface area (Å²) in [6, 6.07) is 13.2. The van der Waals surface area contributed by atoms with E-state index in [1.165, 1.54) is 23.5 Å². The average molecular weight is 452 g/mol. The average Bonchev–Trinajstić information content (AvgIpc) is 3.38. The number of ether oxygens (including phenoxy) is 1.